The first-order valence-electron chi connectivity index (χ1n) is 6.61. The average molecular weight is 315 g/mol. The van der Waals surface area contributed by atoms with Crippen molar-refractivity contribution in [3.63, 3.8) is 0 Å². The van der Waals surface area contributed by atoms with Gasteiger partial charge in [0.1, 0.15) is 5.82 Å². The molecule has 0 spiro atoms. The first-order chi connectivity index (χ1) is 8.70. The number of halogens is 2. The third-order valence-corrected chi connectivity index (χ3v) is 3.88. The van der Waals surface area contributed by atoms with E-state index < -0.39 is 0 Å². The predicted octanol–water partition coefficient (Wildman–Crippen LogP) is 3.33. The Morgan fingerprint density at radius 1 is 1.33 bits per heavy atom. The van der Waals surface area contributed by atoms with E-state index in [0.717, 1.165) is 49.1 Å². The van der Waals surface area contributed by atoms with Crippen LogP contribution in [0.25, 0.3) is 0 Å². The molecule has 18 heavy (non-hydrogen) atoms. The van der Waals surface area contributed by atoms with Gasteiger partial charge in [-0.25, -0.2) is 4.39 Å². The van der Waals surface area contributed by atoms with Gasteiger partial charge >= 0.3 is 0 Å². The highest BCUT2D eigenvalue weighted by molar-refractivity contribution is 9.10. The van der Waals surface area contributed by atoms with Crippen LogP contribution >= 0.6 is 15.9 Å². The first-order valence-corrected chi connectivity index (χ1v) is 7.40. The van der Waals surface area contributed by atoms with Gasteiger partial charge in [-0.2, -0.15) is 0 Å². The highest BCUT2D eigenvalue weighted by Gasteiger charge is 2.22. The molecule has 1 saturated heterocycles. The van der Waals surface area contributed by atoms with Gasteiger partial charge in [-0.1, -0.05) is 29.3 Å². The fraction of sp³-hybridized carbons (Fsp3) is 0.571. The summed E-state index contributed by atoms with van der Waals surface area (Å²) in [6.45, 7) is 6.31. The lowest BCUT2D eigenvalue weighted by molar-refractivity contribution is 0.164. The summed E-state index contributed by atoms with van der Waals surface area (Å²) in [6, 6.07) is 5.58. The third kappa shape index (κ3) is 3.53. The minimum Gasteiger partial charge on any atom is -0.314 e. The Balaban J connectivity index is 2.22. The number of piperazine rings is 1. The van der Waals surface area contributed by atoms with Crippen LogP contribution in [0, 0.1) is 5.82 Å². The maximum absolute atomic E-state index is 13.5. The SMILES string of the molecule is CCC[C@H](c1cc(F)cc(Br)c1)N1CCNCC1. The topological polar surface area (TPSA) is 15.3 Å². The van der Waals surface area contributed by atoms with E-state index >= 15 is 0 Å². The molecule has 0 bridgehead atoms. The molecule has 0 aliphatic carbocycles. The van der Waals surface area contributed by atoms with Gasteiger partial charge in [0, 0.05) is 36.7 Å². The summed E-state index contributed by atoms with van der Waals surface area (Å²) in [7, 11) is 0. The monoisotopic (exact) mass is 314 g/mol. The molecule has 0 radical (unpaired) electrons. The van der Waals surface area contributed by atoms with Crippen LogP contribution in [0.1, 0.15) is 31.4 Å². The predicted molar refractivity (Wildman–Crippen MR) is 76.2 cm³/mol. The van der Waals surface area contributed by atoms with Gasteiger partial charge < -0.3 is 5.32 Å². The van der Waals surface area contributed by atoms with Gasteiger partial charge in [0.2, 0.25) is 0 Å². The smallest absolute Gasteiger partial charge is 0.124 e. The molecule has 2 rings (SSSR count). The number of nitrogens with one attached hydrogen (secondary N) is 1. The summed E-state index contributed by atoms with van der Waals surface area (Å²) >= 11 is 3.39. The maximum atomic E-state index is 13.5. The Bertz CT molecular complexity index is 371. The third-order valence-electron chi connectivity index (χ3n) is 3.42. The average Bonchev–Trinajstić information content (AvgIpc) is 2.36. The fourth-order valence-corrected chi connectivity index (χ4v) is 3.08. The lowest BCUT2D eigenvalue weighted by Crippen LogP contribution is -2.45. The molecule has 0 unspecified atom stereocenters. The van der Waals surface area contributed by atoms with Crippen molar-refractivity contribution < 1.29 is 4.39 Å². The van der Waals surface area contributed by atoms with Crippen LogP contribution in [0.15, 0.2) is 22.7 Å². The summed E-state index contributed by atoms with van der Waals surface area (Å²) in [5.74, 6) is -0.157. The molecule has 0 saturated carbocycles. The maximum Gasteiger partial charge on any atom is 0.124 e. The van der Waals surface area contributed by atoms with Crippen molar-refractivity contribution in [1.29, 1.82) is 0 Å². The quantitative estimate of drug-likeness (QED) is 0.917. The van der Waals surface area contributed by atoms with E-state index in [0.29, 0.717) is 6.04 Å². The molecule has 1 aliphatic heterocycles. The van der Waals surface area contributed by atoms with Gasteiger partial charge in [0.05, 0.1) is 0 Å². The van der Waals surface area contributed by atoms with Crippen molar-refractivity contribution in [2.75, 3.05) is 26.2 Å². The first kappa shape index (κ1) is 14.0. The van der Waals surface area contributed by atoms with Gasteiger partial charge in [-0.05, 0) is 30.2 Å². The molecule has 100 valence electrons. The summed E-state index contributed by atoms with van der Waals surface area (Å²) in [4.78, 5) is 2.46. The van der Waals surface area contributed by atoms with E-state index in [2.05, 4.69) is 33.1 Å². The van der Waals surface area contributed by atoms with Crippen molar-refractivity contribution in [2.45, 2.75) is 25.8 Å². The summed E-state index contributed by atoms with van der Waals surface area (Å²) in [5.41, 5.74) is 1.09. The van der Waals surface area contributed by atoms with Crippen LogP contribution in [-0.2, 0) is 0 Å². The zero-order valence-electron chi connectivity index (χ0n) is 10.8. The van der Waals surface area contributed by atoms with Gasteiger partial charge in [-0.3, -0.25) is 4.90 Å². The molecular formula is C14H20BrFN2. The van der Waals surface area contributed by atoms with E-state index in [1.165, 1.54) is 6.07 Å². The lowest BCUT2D eigenvalue weighted by atomic mass is 10.00. The highest BCUT2D eigenvalue weighted by Crippen LogP contribution is 2.28. The Morgan fingerprint density at radius 3 is 2.67 bits per heavy atom. The molecule has 1 aromatic rings. The number of hydrogen-bond acceptors (Lipinski definition) is 2. The Hall–Kier alpha value is -0.450. The molecular weight excluding hydrogens is 295 g/mol. The van der Waals surface area contributed by atoms with Crippen molar-refractivity contribution in [1.82, 2.24) is 10.2 Å². The summed E-state index contributed by atoms with van der Waals surface area (Å²) < 4.78 is 14.4. The minimum atomic E-state index is -0.157. The summed E-state index contributed by atoms with van der Waals surface area (Å²) in [6.07, 6.45) is 2.19. The lowest BCUT2D eigenvalue weighted by Gasteiger charge is -2.35. The number of rotatable bonds is 4. The molecule has 1 atom stereocenters. The normalized spacial score (nSPS) is 18.8. The van der Waals surface area contributed by atoms with E-state index in [1.807, 2.05) is 6.07 Å². The summed E-state index contributed by atoms with van der Waals surface area (Å²) in [5, 5.41) is 3.36. The van der Waals surface area contributed by atoms with E-state index in [1.54, 1.807) is 6.07 Å². The van der Waals surface area contributed by atoms with Crippen molar-refractivity contribution in [3.8, 4) is 0 Å². The molecule has 1 heterocycles. The largest absolute Gasteiger partial charge is 0.314 e. The van der Waals surface area contributed by atoms with Crippen LogP contribution in [-0.4, -0.2) is 31.1 Å². The van der Waals surface area contributed by atoms with Crippen LogP contribution < -0.4 is 5.32 Å². The molecule has 1 N–H and O–H groups in total. The van der Waals surface area contributed by atoms with Gasteiger partial charge in [0.15, 0.2) is 0 Å². The molecule has 1 aromatic carbocycles. The van der Waals surface area contributed by atoms with Crippen molar-refractivity contribution in [3.05, 3.63) is 34.1 Å². The minimum absolute atomic E-state index is 0.157. The Labute approximate surface area is 117 Å². The Kier molecular flexibility index (Phi) is 5.15. The molecule has 1 aliphatic rings. The second kappa shape index (κ2) is 6.64. The van der Waals surface area contributed by atoms with Crippen LogP contribution in [0.4, 0.5) is 4.39 Å². The molecule has 0 amide bonds. The zero-order valence-corrected chi connectivity index (χ0v) is 12.3. The van der Waals surface area contributed by atoms with Crippen molar-refractivity contribution in [2.24, 2.45) is 0 Å². The van der Waals surface area contributed by atoms with Crippen LogP contribution in [0.3, 0.4) is 0 Å². The second-order valence-corrected chi connectivity index (χ2v) is 5.71. The molecule has 0 aromatic heterocycles. The number of benzene rings is 1. The van der Waals surface area contributed by atoms with Crippen LogP contribution in [0.2, 0.25) is 0 Å². The standard InChI is InChI=1S/C14H20BrFN2/c1-2-3-14(18-6-4-17-5-7-18)11-8-12(15)10-13(16)9-11/h8-10,14,17H,2-7H2,1H3/t14-/m1/s1. The van der Waals surface area contributed by atoms with Crippen molar-refractivity contribution >= 4 is 15.9 Å². The highest BCUT2D eigenvalue weighted by atomic mass is 79.9. The second-order valence-electron chi connectivity index (χ2n) is 4.79. The molecule has 4 heteroatoms. The fourth-order valence-electron chi connectivity index (χ4n) is 2.59. The Morgan fingerprint density at radius 2 is 2.06 bits per heavy atom. The zero-order chi connectivity index (χ0) is 13.0. The number of hydrogen-bond donors (Lipinski definition) is 1. The number of nitrogens with zero attached hydrogens (tertiary/aromatic N) is 1. The molecule has 2 nitrogen and oxygen atoms in total. The van der Waals surface area contributed by atoms with Crippen LogP contribution in [0.5, 0.6) is 0 Å². The van der Waals surface area contributed by atoms with E-state index in [-0.39, 0.29) is 5.82 Å². The van der Waals surface area contributed by atoms with E-state index in [4.69, 9.17) is 0 Å². The van der Waals surface area contributed by atoms with Gasteiger partial charge in [-0.15, -0.1) is 0 Å². The van der Waals surface area contributed by atoms with Gasteiger partial charge in [0.25, 0.3) is 0 Å². The molecule has 1 fully saturated rings. The van der Waals surface area contributed by atoms with E-state index in [9.17, 15) is 4.39 Å².